The van der Waals surface area contributed by atoms with E-state index in [-0.39, 0.29) is 5.60 Å². The van der Waals surface area contributed by atoms with Crippen LogP contribution in [0.2, 0.25) is 0 Å². The van der Waals surface area contributed by atoms with E-state index in [1.54, 1.807) is 4.68 Å². The molecule has 1 heterocycles. The van der Waals surface area contributed by atoms with Crippen molar-refractivity contribution in [1.29, 1.82) is 0 Å². The molecule has 0 unspecified atom stereocenters. The Morgan fingerprint density at radius 1 is 1.28 bits per heavy atom. The van der Waals surface area contributed by atoms with E-state index < -0.39 is 0 Å². The first kappa shape index (κ1) is 15.1. The highest BCUT2D eigenvalue weighted by molar-refractivity contribution is 4.90. The molecule has 1 aromatic rings. The van der Waals surface area contributed by atoms with Gasteiger partial charge in [-0.2, -0.15) is 0 Å². The first-order chi connectivity index (χ1) is 8.51. The van der Waals surface area contributed by atoms with Gasteiger partial charge in [0.05, 0.1) is 37.7 Å². The Morgan fingerprint density at radius 2 is 2.06 bits per heavy atom. The summed E-state index contributed by atoms with van der Waals surface area (Å²) in [5, 5.41) is 11.1. The van der Waals surface area contributed by atoms with Crippen molar-refractivity contribution in [3.63, 3.8) is 0 Å². The minimum atomic E-state index is -0.0999. The number of nitrogens with zero attached hydrogens (tertiary/aromatic N) is 3. The molecule has 1 N–H and O–H groups in total. The van der Waals surface area contributed by atoms with Crippen LogP contribution in [0.5, 0.6) is 0 Å². The molecule has 0 saturated carbocycles. The summed E-state index contributed by atoms with van der Waals surface area (Å²) in [6.07, 6.45) is 1.92. The van der Waals surface area contributed by atoms with Crippen LogP contribution in [-0.2, 0) is 22.6 Å². The number of rotatable bonds is 8. The minimum Gasteiger partial charge on any atom is -0.377 e. The van der Waals surface area contributed by atoms with Gasteiger partial charge in [0.1, 0.15) is 0 Å². The quantitative estimate of drug-likeness (QED) is 0.698. The van der Waals surface area contributed by atoms with Gasteiger partial charge in [-0.1, -0.05) is 5.21 Å². The van der Waals surface area contributed by atoms with Crippen molar-refractivity contribution >= 4 is 0 Å². The van der Waals surface area contributed by atoms with Crippen LogP contribution in [0.15, 0.2) is 6.20 Å². The number of nitrogens with one attached hydrogen (secondary N) is 1. The summed E-state index contributed by atoms with van der Waals surface area (Å²) in [6.45, 7) is 9.40. The lowest BCUT2D eigenvalue weighted by Crippen LogP contribution is -2.22. The summed E-state index contributed by atoms with van der Waals surface area (Å²) in [6, 6.07) is 0. The smallest absolute Gasteiger partial charge is 0.0964 e. The van der Waals surface area contributed by atoms with Gasteiger partial charge in [-0.15, -0.1) is 5.10 Å². The van der Waals surface area contributed by atoms with Gasteiger partial charge >= 0.3 is 0 Å². The van der Waals surface area contributed by atoms with Crippen molar-refractivity contribution in [1.82, 2.24) is 20.3 Å². The molecular weight excluding hydrogens is 232 g/mol. The molecule has 1 rings (SSSR count). The van der Waals surface area contributed by atoms with E-state index in [2.05, 4.69) is 15.6 Å². The Hall–Kier alpha value is -0.980. The molecule has 0 aromatic carbocycles. The van der Waals surface area contributed by atoms with E-state index in [1.807, 2.05) is 34.0 Å². The third kappa shape index (κ3) is 6.68. The lowest BCUT2D eigenvalue weighted by molar-refractivity contribution is -0.0359. The Kier molecular flexibility index (Phi) is 6.24. The van der Waals surface area contributed by atoms with Crippen LogP contribution in [0.3, 0.4) is 0 Å². The van der Waals surface area contributed by atoms with Crippen LogP contribution in [0.4, 0.5) is 0 Å². The summed E-state index contributed by atoms with van der Waals surface area (Å²) < 4.78 is 12.8. The van der Waals surface area contributed by atoms with Crippen molar-refractivity contribution in [2.45, 2.75) is 39.5 Å². The van der Waals surface area contributed by atoms with Gasteiger partial charge in [0.25, 0.3) is 0 Å². The van der Waals surface area contributed by atoms with Crippen molar-refractivity contribution in [3.05, 3.63) is 11.9 Å². The summed E-state index contributed by atoms with van der Waals surface area (Å²) in [5.74, 6) is 0. The van der Waals surface area contributed by atoms with E-state index >= 15 is 0 Å². The zero-order valence-corrected chi connectivity index (χ0v) is 11.8. The van der Waals surface area contributed by atoms with Crippen LogP contribution < -0.4 is 5.32 Å². The van der Waals surface area contributed by atoms with Crippen LogP contribution in [0, 0.1) is 0 Å². The largest absolute Gasteiger partial charge is 0.377 e. The average Bonchev–Trinajstić information content (AvgIpc) is 2.70. The lowest BCUT2D eigenvalue weighted by atomic mass is 10.2. The van der Waals surface area contributed by atoms with Gasteiger partial charge in [-0.3, -0.25) is 0 Å². The number of hydrogen-bond acceptors (Lipinski definition) is 5. The summed E-state index contributed by atoms with van der Waals surface area (Å²) >= 11 is 0. The number of ether oxygens (including phenoxy) is 2. The fraction of sp³-hybridized carbons (Fsp3) is 0.833. The Bertz CT molecular complexity index is 333. The van der Waals surface area contributed by atoms with E-state index in [1.165, 1.54) is 0 Å². The predicted octanol–water partition coefficient (Wildman–Crippen LogP) is 0.829. The first-order valence-corrected chi connectivity index (χ1v) is 6.26. The molecule has 18 heavy (non-hydrogen) atoms. The maximum absolute atomic E-state index is 5.55. The molecule has 0 bridgehead atoms. The van der Waals surface area contributed by atoms with Gasteiger partial charge in [-0.25, -0.2) is 4.68 Å². The minimum absolute atomic E-state index is 0.0999. The van der Waals surface area contributed by atoms with E-state index in [4.69, 9.17) is 9.47 Å². The normalized spacial score (nSPS) is 12.0. The van der Waals surface area contributed by atoms with Crippen molar-refractivity contribution in [2.75, 3.05) is 26.9 Å². The van der Waals surface area contributed by atoms with Crippen LogP contribution in [-0.4, -0.2) is 47.5 Å². The second-order valence-electron chi connectivity index (χ2n) is 5.08. The van der Waals surface area contributed by atoms with E-state index in [9.17, 15) is 0 Å². The lowest BCUT2D eigenvalue weighted by Gasteiger charge is -2.19. The zero-order valence-electron chi connectivity index (χ0n) is 11.8. The summed E-state index contributed by atoms with van der Waals surface area (Å²) in [4.78, 5) is 0. The maximum atomic E-state index is 5.55. The van der Waals surface area contributed by atoms with Crippen molar-refractivity contribution in [3.8, 4) is 0 Å². The summed E-state index contributed by atoms with van der Waals surface area (Å²) in [5.41, 5.74) is 0.839. The molecule has 0 radical (unpaired) electrons. The monoisotopic (exact) mass is 256 g/mol. The van der Waals surface area contributed by atoms with Crippen LogP contribution >= 0.6 is 0 Å². The SMILES string of the molecule is CNCc1cn(CCOCCOC(C)(C)C)nn1. The maximum Gasteiger partial charge on any atom is 0.0964 e. The van der Waals surface area contributed by atoms with Gasteiger partial charge in [0.2, 0.25) is 0 Å². The third-order valence-corrected chi connectivity index (χ3v) is 2.17. The molecule has 0 spiro atoms. The van der Waals surface area contributed by atoms with Crippen molar-refractivity contribution < 1.29 is 9.47 Å². The third-order valence-electron chi connectivity index (χ3n) is 2.17. The second kappa shape index (κ2) is 7.45. The number of aromatic nitrogens is 3. The molecule has 0 atom stereocenters. The molecule has 0 fully saturated rings. The predicted molar refractivity (Wildman–Crippen MR) is 69.3 cm³/mol. The molecule has 0 amide bonds. The fourth-order valence-electron chi connectivity index (χ4n) is 1.38. The standard InChI is InChI=1S/C12H24N4O2/c1-12(2,3)18-8-7-17-6-5-16-10-11(9-13-4)14-15-16/h10,13H,5-9H2,1-4H3. The molecule has 6 nitrogen and oxygen atoms in total. The first-order valence-electron chi connectivity index (χ1n) is 6.26. The van der Waals surface area contributed by atoms with Crippen molar-refractivity contribution in [2.24, 2.45) is 0 Å². The molecule has 104 valence electrons. The molecule has 0 aliphatic rings. The fourth-order valence-corrected chi connectivity index (χ4v) is 1.38. The molecule has 1 aromatic heterocycles. The van der Waals surface area contributed by atoms with E-state index in [0.717, 1.165) is 12.2 Å². The van der Waals surface area contributed by atoms with Gasteiger partial charge < -0.3 is 14.8 Å². The van der Waals surface area contributed by atoms with Gasteiger partial charge in [0.15, 0.2) is 0 Å². The molecule has 0 saturated heterocycles. The molecule has 0 aliphatic heterocycles. The average molecular weight is 256 g/mol. The van der Waals surface area contributed by atoms with Crippen LogP contribution in [0.1, 0.15) is 26.5 Å². The number of hydrogen-bond donors (Lipinski definition) is 1. The second-order valence-corrected chi connectivity index (χ2v) is 5.08. The van der Waals surface area contributed by atoms with Gasteiger partial charge in [0, 0.05) is 12.7 Å². The highest BCUT2D eigenvalue weighted by atomic mass is 16.5. The molecule has 0 aliphatic carbocycles. The summed E-state index contributed by atoms with van der Waals surface area (Å²) in [7, 11) is 1.89. The highest BCUT2D eigenvalue weighted by Crippen LogP contribution is 2.05. The highest BCUT2D eigenvalue weighted by Gasteiger charge is 2.08. The topological polar surface area (TPSA) is 61.2 Å². The van der Waals surface area contributed by atoms with Gasteiger partial charge in [-0.05, 0) is 27.8 Å². The van der Waals surface area contributed by atoms with Crippen LogP contribution in [0.25, 0.3) is 0 Å². The Balaban J connectivity index is 2.07. The zero-order chi connectivity index (χ0) is 13.4. The Morgan fingerprint density at radius 3 is 2.72 bits per heavy atom. The van der Waals surface area contributed by atoms with E-state index in [0.29, 0.717) is 26.4 Å². The molecular formula is C12H24N4O2. The Labute approximate surface area is 109 Å². The molecule has 6 heteroatoms.